The summed E-state index contributed by atoms with van der Waals surface area (Å²) in [7, 11) is 1.91. The van der Waals surface area contributed by atoms with E-state index in [0.717, 1.165) is 56.8 Å². The quantitative estimate of drug-likeness (QED) is 0.392. The number of amides is 1. The van der Waals surface area contributed by atoms with Crippen molar-refractivity contribution in [3.63, 3.8) is 0 Å². The van der Waals surface area contributed by atoms with Crippen molar-refractivity contribution < 1.29 is 9.53 Å². The van der Waals surface area contributed by atoms with Gasteiger partial charge in [0.2, 0.25) is 5.91 Å². The van der Waals surface area contributed by atoms with Crippen LogP contribution in [-0.2, 0) is 24.4 Å². The molecule has 0 bridgehead atoms. The highest BCUT2D eigenvalue weighted by molar-refractivity contribution is 5.76. The smallest absolute Gasteiger partial charge is 0.223 e. The lowest BCUT2D eigenvalue weighted by Crippen LogP contribution is -2.45. The van der Waals surface area contributed by atoms with Gasteiger partial charge in [-0.3, -0.25) is 14.4 Å². The molecule has 0 saturated carbocycles. The number of aromatic nitrogens is 2. The van der Waals surface area contributed by atoms with E-state index >= 15 is 0 Å². The lowest BCUT2D eigenvalue weighted by atomic mass is 9.75. The standard InChI is InChI=1S/C29H38N4O2/c1-3-16-33-23-26(20-30-33)22-32-17-14-29(15-18-32,24-35-27-12-8-5-9-13-27)19-28(34)31(2)21-25-10-6-4-7-11-25/h4-13,20,23H,3,14-19,21-22,24H2,1-2H3. The van der Waals surface area contributed by atoms with E-state index in [1.165, 1.54) is 5.56 Å². The van der Waals surface area contributed by atoms with Crippen LogP contribution in [0.25, 0.3) is 0 Å². The number of hydrogen-bond acceptors (Lipinski definition) is 4. The zero-order valence-electron chi connectivity index (χ0n) is 21.1. The molecule has 3 aromatic rings. The average Bonchev–Trinajstić information content (AvgIpc) is 3.32. The number of para-hydroxylation sites is 1. The van der Waals surface area contributed by atoms with E-state index < -0.39 is 0 Å². The van der Waals surface area contributed by atoms with E-state index in [4.69, 9.17) is 4.74 Å². The van der Waals surface area contributed by atoms with Gasteiger partial charge >= 0.3 is 0 Å². The van der Waals surface area contributed by atoms with Crippen molar-refractivity contribution in [1.29, 1.82) is 0 Å². The van der Waals surface area contributed by atoms with Gasteiger partial charge in [0.15, 0.2) is 0 Å². The minimum absolute atomic E-state index is 0.166. The molecule has 1 aliphatic rings. The summed E-state index contributed by atoms with van der Waals surface area (Å²) < 4.78 is 8.26. The van der Waals surface area contributed by atoms with Gasteiger partial charge < -0.3 is 9.64 Å². The van der Waals surface area contributed by atoms with Crippen LogP contribution in [-0.4, -0.2) is 52.2 Å². The largest absolute Gasteiger partial charge is 0.493 e. The molecule has 1 aliphatic heterocycles. The molecule has 6 heteroatoms. The van der Waals surface area contributed by atoms with Crippen molar-refractivity contribution in [3.05, 3.63) is 84.2 Å². The van der Waals surface area contributed by atoms with Gasteiger partial charge in [0, 0.05) is 50.3 Å². The van der Waals surface area contributed by atoms with Gasteiger partial charge in [-0.25, -0.2) is 0 Å². The van der Waals surface area contributed by atoms with Crippen LogP contribution in [0, 0.1) is 5.41 Å². The fourth-order valence-electron chi connectivity index (χ4n) is 4.81. The topological polar surface area (TPSA) is 50.6 Å². The summed E-state index contributed by atoms with van der Waals surface area (Å²) in [6, 6.07) is 20.1. The number of benzene rings is 2. The third-order valence-electron chi connectivity index (χ3n) is 6.97. The molecule has 2 heterocycles. The molecule has 0 unspecified atom stereocenters. The van der Waals surface area contributed by atoms with Gasteiger partial charge in [-0.2, -0.15) is 5.10 Å². The SMILES string of the molecule is CCCn1cc(CN2CCC(COc3ccccc3)(CC(=O)N(C)Cc3ccccc3)CC2)cn1. The van der Waals surface area contributed by atoms with Crippen molar-refractivity contribution in [2.45, 2.75) is 52.2 Å². The first-order chi connectivity index (χ1) is 17.0. The molecule has 0 spiro atoms. The summed E-state index contributed by atoms with van der Waals surface area (Å²) in [6.07, 6.45) is 7.61. The molecule has 2 aromatic carbocycles. The predicted octanol–water partition coefficient (Wildman–Crippen LogP) is 5.00. The molecule has 186 valence electrons. The Balaban J connectivity index is 1.39. The highest BCUT2D eigenvalue weighted by Gasteiger charge is 2.38. The Morgan fingerprint density at radius 1 is 1.03 bits per heavy atom. The van der Waals surface area contributed by atoms with Crippen LogP contribution in [0.4, 0.5) is 0 Å². The molecule has 1 aromatic heterocycles. The maximum atomic E-state index is 13.3. The minimum atomic E-state index is -0.166. The molecule has 6 nitrogen and oxygen atoms in total. The van der Waals surface area contributed by atoms with Crippen LogP contribution >= 0.6 is 0 Å². The fraction of sp³-hybridized carbons (Fsp3) is 0.448. The summed E-state index contributed by atoms with van der Waals surface area (Å²) in [4.78, 5) is 17.6. The monoisotopic (exact) mass is 474 g/mol. The maximum absolute atomic E-state index is 13.3. The Labute approximate surface area is 209 Å². The first-order valence-corrected chi connectivity index (χ1v) is 12.7. The van der Waals surface area contributed by atoms with Gasteiger partial charge in [-0.1, -0.05) is 55.5 Å². The van der Waals surface area contributed by atoms with E-state index in [1.807, 2.05) is 71.4 Å². The molecule has 0 radical (unpaired) electrons. The molecule has 35 heavy (non-hydrogen) atoms. The summed E-state index contributed by atoms with van der Waals surface area (Å²) in [5.41, 5.74) is 2.24. The molecule has 1 fully saturated rings. The van der Waals surface area contributed by atoms with E-state index in [9.17, 15) is 4.79 Å². The van der Waals surface area contributed by atoms with Gasteiger partial charge in [0.1, 0.15) is 5.75 Å². The average molecular weight is 475 g/mol. The number of carbonyl (C=O) groups excluding carboxylic acids is 1. The van der Waals surface area contributed by atoms with Gasteiger partial charge in [-0.05, 0) is 50.0 Å². The zero-order chi connectivity index (χ0) is 24.5. The number of ether oxygens (including phenoxy) is 1. The van der Waals surface area contributed by atoms with Crippen molar-refractivity contribution in [2.24, 2.45) is 5.41 Å². The number of hydrogen-bond donors (Lipinski definition) is 0. The Hall–Kier alpha value is -3.12. The molecular weight excluding hydrogens is 436 g/mol. The molecule has 4 rings (SSSR count). The van der Waals surface area contributed by atoms with Crippen LogP contribution in [0.3, 0.4) is 0 Å². The molecule has 1 saturated heterocycles. The van der Waals surface area contributed by atoms with Gasteiger partial charge in [-0.15, -0.1) is 0 Å². The van der Waals surface area contributed by atoms with Crippen molar-refractivity contribution in [2.75, 3.05) is 26.7 Å². The molecule has 0 aliphatic carbocycles. The van der Waals surface area contributed by atoms with E-state index in [0.29, 0.717) is 19.6 Å². The van der Waals surface area contributed by atoms with Crippen LogP contribution in [0.2, 0.25) is 0 Å². The third kappa shape index (κ3) is 7.18. The van der Waals surface area contributed by atoms with Crippen molar-refractivity contribution in [1.82, 2.24) is 19.6 Å². The van der Waals surface area contributed by atoms with E-state index in [2.05, 4.69) is 35.3 Å². The summed E-state index contributed by atoms with van der Waals surface area (Å²) >= 11 is 0. The Bertz CT molecular complexity index is 1040. The minimum Gasteiger partial charge on any atom is -0.493 e. The molecule has 0 atom stereocenters. The fourth-order valence-corrected chi connectivity index (χ4v) is 4.81. The summed E-state index contributed by atoms with van der Waals surface area (Å²) in [5.74, 6) is 1.04. The number of nitrogens with zero attached hydrogens (tertiary/aromatic N) is 4. The Morgan fingerprint density at radius 2 is 1.71 bits per heavy atom. The predicted molar refractivity (Wildman–Crippen MR) is 139 cm³/mol. The first-order valence-electron chi connectivity index (χ1n) is 12.7. The first kappa shape index (κ1) is 25.0. The lowest BCUT2D eigenvalue weighted by Gasteiger charge is -2.41. The lowest BCUT2D eigenvalue weighted by molar-refractivity contribution is -0.134. The number of rotatable bonds is 11. The Kier molecular flexibility index (Phi) is 8.59. The zero-order valence-corrected chi connectivity index (χ0v) is 21.1. The van der Waals surface area contributed by atoms with Crippen LogP contribution in [0.5, 0.6) is 5.75 Å². The van der Waals surface area contributed by atoms with Crippen LogP contribution in [0.1, 0.15) is 43.7 Å². The molecule has 0 N–H and O–H groups in total. The van der Waals surface area contributed by atoms with Crippen molar-refractivity contribution >= 4 is 5.91 Å². The number of aryl methyl sites for hydroxylation is 1. The molecular formula is C29H38N4O2. The van der Waals surface area contributed by atoms with Crippen LogP contribution < -0.4 is 4.74 Å². The highest BCUT2D eigenvalue weighted by Crippen LogP contribution is 2.37. The number of carbonyl (C=O) groups is 1. The summed E-state index contributed by atoms with van der Waals surface area (Å²) in [6.45, 7) is 7.12. The Morgan fingerprint density at radius 3 is 2.40 bits per heavy atom. The summed E-state index contributed by atoms with van der Waals surface area (Å²) in [5, 5.41) is 4.48. The van der Waals surface area contributed by atoms with Gasteiger partial charge in [0.05, 0.1) is 12.8 Å². The second kappa shape index (κ2) is 12.0. The number of piperidine rings is 1. The third-order valence-corrected chi connectivity index (χ3v) is 6.97. The second-order valence-electron chi connectivity index (χ2n) is 9.90. The van der Waals surface area contributed by atoms with E-state index in [1.54, 1.807) is 0 Å². The number of likely N-dealkylation sites (tertiary alicyclic amines) is 1. The van der Waals surface area contributed by atoms with Crippen molar-refractivity contribution in [3.8, 4) is 5.75 Å². The molecule has 1 amide bonds. The van der Waals surface area contributed by atoms with E-state index in [-0.39, 0.29) is 11.3 Å². The van der Waals surface area contributed by atoms with Crippen LogP contribution in [0.15, 0.2) is 73.1 Å². The normalized spacial score (nSPS) is 15.6. The van der Waals surface area contributed by atoms with Gasteiger partial charge in [0.25, 0.3) is 0 Å². The maximum Gasteiger partial charge on any atom is 0.223 e. The second-order valence-corrected chi connectivity index (χ2v) is 9.90. The highest BCUT2D eigenvalue weighted by atomic mass is 16.5.